The maximum atomic E-state index is 10.5. The number of aromatic nitrogens is 2. The van der Waals surface area contributed by atoms with Crippen LogP contribution in [0, 0.1) is 10.8 Å². The molecule has 6 N–H and O–H groups in total. The van der Waals surface area contributed by atoms with Gasteiger partial charge in [0.25, 0.3) is 0 Å². The Hall–Kier alpha value is -1.83. The summed E-state index contributed by atoms with van der Waals surface area (Å²) < 4.78 is 4.35. The molecule has 1 rings (SSSR count). The zero-order chi connectivity index (χ0) is 16.0. The van der Waals surface area contributed by atoms with Gasteiger partial charge in [0.2, 0.25) is 0 Å². The first-order chi connectivity index (χ1) is 8.99. The van der Waals surface area contributed by atoms with E-state index in [1.165, 1.54) is 0 Å². The van der Waals surface area contributed by atoms with Crippen molar-refractivity contribution in [1.29, 1.82) is 0 Å². The van der Waals surface area contributed by atoms with Crippen molar-refractivity contribution in [1.82, 2.24) is 15.6 Å². The molecule has 0 aliphatic rings. The summed E-state index contributed by atoms with van der Waals surface area (Å²) in [6, 6.07) is 0. The second-order valence-electron chi connectivity index (χ2n) is 6.65. The molecule has 0 bridgehead atoms. The topological polar surface area (TPSA) is 135 Å². The van der Waals surface area contributed by atoms with E-state index < -0.39 is 5.76 Å². The monoisotopic (exact) mass is 286 g/mol. The first-order valence-corrected chi connectivity index (χ1v) is 6.29. The van der Waals surface area contributed by atoms with E-state index in [0.29, 0.717) is 11.7 Å². The lowest BCUT2D eigenvalue weighted by Crippen LogP contribution is -2.40. The maximum absolute atomic E-state index is 10.5. The summed E-state index contributed by atoms with van der Waals surface area (Å²) >= 11 is 0. The zero-order valence-electron chi connectivity index (χ0n) is 13.1. The Balaban J connectivity index is 0.000000370. The van der Waals surface area contributed by atoms with E-state index >= 15 is 0 Å². The first kappa shape index (κ1) is 18.2. The number of hydrogen-bond donors (Lipinski definition) is 4. The van der Waals surface area contributed by atoms with Crippen LogP contribution in [0.4, 0.5) is 0 Å². The summed E-state index contributed by atoms with van der Waals surface area (Å²) in [6.45, 7) is 12.1. The average molecular weight is 286 g/mol. The Labute approximate surface area is 118 Å². The van der Waals surface area contributed by atoms with E-state index in [0.717, 1.165) is 6.42 Å². The van der Waals surface area contributed by atoms with Crippen molar-refractivity contribution in [3.63, 3.8) is 0 Å². The van der Waals surface area contributed by atoms with Crippen LogP contribution >= 0.6 is 0 Å². The van der Waals surface area contributed by atoms with Gasteiger partial charge >= 0.3 is 5.76 Å². The maximum Gasteiger partial charge on any atom is 0.438 e. The van der Waals surface area contributed by atoms with Gasteiger partial charge in [0, 0.05) is 11.8 Å². The third-order valence-electron chi connectivity index (χ3n) is 2.16. The molecule has 0 aromatic carbocycles. The Morgan fingerprint density at radius 1 is 1.35 bits per heavy atom. The molecule has 8 nitrogen and oxygen atoms in total. The van der Waals surface area contributed by atoms with Gasteiger partial charge in [-0.25, -0.2) is 10.6 Å². The van der Waals surface area contributed by atoms with Crippen LogP contribution in [0.2, 0.25) is 0 Å². The quantitative estimate of drug-likeness (QED) is 0.260. The molecule has 0 saturated heterocycles. The minimum atomic E-state index is -0.482. The molecule has 1 aromatic heterocycles. The summed E-state index contributed by atoms with van der Waals surface area (Å²) in [7, 11) is 0. The highest BCUT2D eigenvalue weighted by atomic mass is 16.5. The van der Waals surface area contributed by atoms with E-state index in [2.05, 4.69) is 46.0 Å². The predicted molar refractivity (Wildman–Crippen MR) is 78.7 cm³/mol. The van der Waals surface area contributed by atoms with Gasteiger partial charge in [0.05, 0.1) is 0 Å². The van der Waals surface area contributed by atoms with Crippen LogP contribution in [0.15, 0.2) is 14.4 Å². The number of nitrogens with two attached hydrogens (primary N) is 2. The molecule has 8 heteroatoms. The lowest BCUT2D eigenvalue weighted by molar-refractivity contribution is 0.358. The van der Waals surface area contributed by atoms with Crippen molar-refractivity contribution < 1.29 is 4.52 Å². The smallest absolute Gasteiger partial charge is 0.322 e. The van der Waals surface area contributed by atoms with Gasteiger partial charge < -0.3 is 11.3 Å². The summed E-state index contributed by atoms with van der Waals surface area (Å²) in [5.74, 6) is 10.9. The van der Waals surface area contributed by atoms with Gasteiger partial charge in [0.15, 0.2) is 5.82 Å². The van der Waals surface area contributed by atoms with Gasteiger partial charge in [0.1, 0.15) is 5.84 Å². The van der Waals surface area contributed by atoms with Crippen molar-refractivity contribution in [2.75, 3.05) is 0 Å². The van der Waals surface area contributed by atoms with Crippen LogP contribution < -0.4 is 22.9 Å². The molecule has 116 valence electrons. The number of rotatable bonds is 1. The fourth-order valence-electron chi connectivity index (χ4n) is 1.29. The van der Waals surface area contributed by atoms with Gasteiger partial charge in [-0.15, -0.1) is 0 Å². The van der Waals surface area contributed by atoms with Crippen LogP contribution in [-0.4, -0.2) is 16.0 Å². The minimum Gasteiger partial charge on any atom is -0.322 e. The molecule has 0 atom stereocenters. The Morgan fingerprint density at radius 2 is 1.90 bits per heavy atom. The molecular formula is C12H26N6O2. The third-order valence-corrected chi connectivity index (χ3v) is 2.16. The Bertz CT molecular complexity index is 475. The molecule has 1 aromatic rings. The molecule has 0 spiro atoms. The molecule has 0 fully saturated rings. The largest absolute Gasteiger partial charge is 0.438 e. The van der Waals surface area contributed by atoms with Gasteiger partial charge in [-0.3, -0.25) is 9.51 Å². The van der Waals surface area contributed by atoms with Crippen LogP contribution in [0.25, 0.3) is 0 Å². The number of aromatic amines is 1. The molecule has 0 aliphatic heterocycles. The standard InChI is InChI=1S/C7H12N2O2.C5H14N4/c1-7(2,3)4-5-8-6(10)11-9-5;1-5(2,3)4(8-6)9-7/h4H2,1-3H3,(H,8,9,10);6-7H2,1-3H3,(H,8,9). The van der Waals surface area contributed by atoms with Crippen molar-refractivity contribution in [3.8, 4) is 0 Å². The predicted octanol–water partition coefficient (Wildman–Crippen LogP) is 0.720. The van der Waals surface area contributed by atoms with Crippen molar-refractivity contribution in [2.45, 2.75) is 48.0 Å². The number of nitrogens with one attached hydrogen (secondary N) is 2. The normalized spacial score (nSPS) is 12.7. The molecule has 20 heavy (non-hydrogen) atoms. The highest BCUT2D eigenvalue weighted by Gasteiger charge is 2.17. The fourth-order valence-corrected chi connectivity index (χ4v) is 1.29. The first-order valence-electron chi connectivity index (χ1n) is 6.29. The van der Waals surface area contributed by atoms with Crippen molar-refractivity contribution >= 4 is 5.84 Å². The number of nitrogens with zero attached hydrogens (tertiary/aromatic N) is 2. The minimum absolute atomic E-state index is 0.0938. The summed E-state index contributed by atoms with van der Waals surface area (Å²) in [4.78, 5) is 13.0. The molecule has 0 unspecified atom stereocenters. The van der Waals surface area contributed by atoms with Gasteiger partial charge in [-0.05, 0) is 5.41 Å². The third kappa shape index (κ3) is 7.57. The Kier molecular flexibility index (Phi) is 6.44. The van der Waals surface area contributed by atoms with E-state index in [1.54, 1.807) is 0 Å². The highest BCUT2D eigenvalue weighted by molar-refractivity contribution is 5.86. The lowest BCUT2D eigenvalue weighted by Gasteiger charge is -2.18. The number of H-pyrrole nitrogens is 1. The molecule has 0 saturated carbocycles. The number of hydrogen-bond acceptors (Lipinski definition) is 6. The lowest BCUT2D eigenvalue weighted by atomic mass is 9.92. The van der Waals surface area contributed by atoms with E-state index in [-0.39, 0.29) is 10.8 Å². The SMILES string of the molecule is CC(C)(C)/C(=N/N)NN.CC(C)(C)Cc1noc(=O)[nH]1. The summed E-state index contributed by atoms with van der Waals surface area (Å²) in [5, 5.41) is 7.02. The van der Waals surface area contributed by atoms with E-state index in [1.807, 2.05) is 20.8 Å². The molecule has 1 heterocycles. The second kappa shape index (κ2) is 7.09. The van der Waals surface area contributed by atoms with Crippen LogP contribution in [0.1, 0.15) is 47.4 Å². The van der Waals surface area contributed by atoms with Gasteiger partial charge in [-0.1, -0.05) is 46.7 Å². The second-order valence-corrected chi connectivity index (χ2v) is 6.65. The van der Waals surface area contributed by atoms with Gasteiger partial charge in [-0.2, -0.15) is 5.10 Å². The fraction of sp³-hybridized carbons (Fsp3) is 0.750. The van der Waals surface area contributed by atoms with Crippen LogP contribution in [-0.2, 0) is 6.42 Å². The van der Waals surface area contributed by atoms with E-state index in [4.69, 9.17) is 11.7 Å². The summed E-state index contributed by atoms with van der Waals surface area (Å²) in [5.41, 5.74) is 2.45. The van der Waals surface area contributed by atoms with Crippen LogP contribution in [0.5, 0.6) is 0 Å². The molecular weight excluding hydrogens is 260 g/mol. The number of hydrazine groups is 1. The van der Waals surface area contributed by atoms with Crippen molar-refractivity contribution in [2.24, 2.45) is 27.6 Å². The van der Waals surface area contributed by atoms with Crippen LogP contribution in [0.3, 0.4) is 0 Å². The molecule has 0 aliphatic carbocycles. The molecule has 0 amide bonds. The zero-order valence-corrected chi connectivity index (χ0v) is 13.1. The number of amidine groups is 1. The van der Waals surface area contributed by atoms with E-state index in [9.17, 15) is 4.79 Å². The summed E-state index contributed by atoms with van der Waals surface area (Å²) in [6.07, 6.45) is 0.721. The molecule has 0 radical (unpaired) electrons. The van der Waals surface area contributed by atoms with Crippen molar-refractivity contribution in [3.05, 3.63) is 16.4 Å². The number of hydrazone groups is 1. The Morgan fingerprint density at radius 3 is 2.10 bits per heavy atom. The average Bonchev–Trinajstić information content (AvgIpc) is 2.61. The highest BCUT2D eigenvalue weighted by Crippen LogP contribution is 2.17.